The molecule has 0 aromatic rings. The van der Waals surface area contributed by atoms with Crippen LogP contribution in [0.4, 0.5) is 0 Å². The van der Waals surface area contributed by atoms with Crippen molar-refractivity contribution in [3.8, 4) is 0 Å². The van der Waals surface area contributed by atoms with Crippen molar-refractivity contribution in [3.63, 3.8) is 0 Å². The zero-order valence-electron chi connectivity index (χ0n) is 24.1. The molecular weight excluding hydrogens is 502 g/mol. The van der Waals surface area contributed by atoms with Gasteiger partial charge >= 0.3 is 17.9 Å². The van der Waals surface area contributed by atoms with E-state index in [1.807, 2.05) is 6.92 Å². The lowest BCUT2D eigenvalue weighted by Gasteiger charge is -2.62. The van der Waals surface area contributed by atoms with Crippen LogP contribution >= 0.6 is 0 Å². The number of hydrogen-bond donors (Lipinski definition) is 2. The Kier molecular flexibility index (Phi) is 7.60. The predicted octanol–water partition coefficient (Wildman–Crippen LogP) is 4.40. The van der Waals surface area contributed by atoms with Crippen LogP contribution in [0.2, 0.25) is 0 Å². The van der Waals surface area contributed by atoms with Gasteiger partial charge < -0.3 is 29.8 Å². The molecule has 0 aromatic carbocycles. The van der Waals surface area contributed by atoms with E-state index in [9.17, 15) is 19.5 Å². The zero-order chi connectivity index (χ0) is 28.3. The Bertz CT molecular complexity index is 988. The van der Waals surface area contributed by atoms with Crippen LogP contribution in [0.25, 0.3) is 0 Å². The molecule has 220 valence electrons. The zero-order valence-corrected chi connectivity index (χ0v) is 24.1. The van der Waals surface area contributed by atoms with E-state index in [1.165, 1.54) is 13.8 Å². The number of carboxylic acid groups (broad SMARTS) is 1. The fourth-order valence-corrected chi connectivity index (χ4v) is 9.70. The van der Waals surface area contributed by atoms with Crippen LogP contribution in [0, 0.1) is 40.4 Å². The molecular formula is C30H47NO8. The van der Waals surface area contributed by atoms with Crippen molar-refractivity contribution in [1.29, 1.82) is 0 Å². The van der Waals surface area contributed by atoms with Gasteiger partial charge in [-0.05, 0) is 99.2 Å². The number of esters is 2. The number of rotatable bonds is 5. The second-order valence-electron chi connectivity index (χ2n) is 13.8. The summed E-state index contributed by atoms with van der Waals surface area (Å²) in [5.74, 6) is 0.359. The molecule has 1 aliphatic heterocycles. The van der Waals surface area contributed by atoms with E-state index in [2.05, 4.69) is 13.8 Å². The molecule has 4 saturated carbocycles. The van der Waals surface area contributed by atoms with Gasteiger partial charge in [-0.1, -0.05) is 13.8 Å². The van der Waals surface area contributed by atoms with Crippen molar-refractivity contribution in [3.05, 3.63) is 0 Å². The van der Waals surface area contributed by atoms with Crippen LogP contribution in [0.3, 0.4) is 0 Å². The van der Waals surface area contributed by atoms with Crippen molar-refractivity contribution in [2.45, 2.75) is 129 Å². The molecule has 9 heteroatoms. The van der Waals surface area contributed by atoms with E-state index in [1.54, 1.807) is 0 Å². The molecule has 0 bridgehead atoms. The Balaban J connectivity index is 1.28. The van der Waals surface area contributed by atoms with Crippen LogP contribution in [-0.2, 0) is 33.3 Å². The molecule has 4 aliphatic carbocycles. The average molecular weight is 550 g/mol. The van der Waals surface area contributed by atoms with Gasteiger partial charge in [0.05, 0.1) is 12.0 Å². The van der Waals surface area contributed by atoms with E-state index in [0.717, 1.165) is 44.9 Å². The lowest BCUT2D eigenvalue weighted by Crippen LogP contribution is -2.61. The summed E-state index contributed by atoms with van der Waals surface area (Å²) in [4.78, 5) is 35.4. The number of ether oxygens (including phenoxy) is 4. The monoisotopic (exact) mass is 549 g/mol. The first-order chi connectivity index (χ1) is 18.3. The van der Waals surface area contributed by atoms with Crippen LogP contribution in [0.5, 0.6) is 0 Å². The van der Waals surface area contributed by atoms with Gasteiger partial charge in [-0.15, -0.1) is 0 Å². The molecule has 3 unspecified atom stereocenters. The van der Waals surface area contributed by atoms with Gasteiger partial charge in [0.2, 0.25) is 0 Å². The summed E-state index contributed by atoms with van der Waals surface area (Å²) in [6.45, 7) is 9.19. The number of carboxylic acids is 1. The summed E-state index contributed by atoms with van der Waals surface area (Å²) in [5.41, 5.74) is 6.10. The van der Waals surface area contributed by atoms with Gasteiger partial charge in [0.15, 0.2) is 12.4 Å². The van der Waals surface area contributed by atoms with E-state index in [0.29, 0.717) is 42.9 Å². The van der Waals surface area contributed by atoms with Crippen molar-refractivity contribution in [1.82, 2.24) is 0 Å². The highest BCUT2D eigenvalue weighted by molar-refractivity contribution is 5.71. The van der Waals surface area contributed by atoms with Crippen molar-refractivity contribution in [2.75, 3.05) is 0 Å². The predicted molar refractivity (Wildman–Crippen MR) is 141 cm³/mol. The summed E-state index contributed by atoms with van der Waals surface area (Å²) >= 11 is 0. The molecule has 39 heavy (non-hydrogen) atoms. The first-order valence-electron chi connectivity index (χ1n) is 14.9. The van der Waals surface area contributed by atoms with E-state index in [-0.39, 0.29) is 16.7 Å². The topological polar surface area (TPSA) is 134 Å². The Morgan fingerprint density at radius 1 is 0.872 bits per heavy atom. The van der Waals surface area contributed by atoms with Gasteiger partial charge in [0, 0.05) is 20.3 Å². The molecule has 0 amide bonds. The first kappa shape index (κ1) is 28.8. The molecule has 1 heterocycles. The summed E-state index contributed by atoms with van der Waals surface area (Å²) in [6, 6.07) is 0. The maximum absolute atomic E-state index is 12.0. The standard InChI is InChI=1S/C30H47NO8/c1-16-24(37-17(2)32)14-25(38-18(3)33)27(36-16)39-30(31)13-12-28(4)19(15-30)6-7-20-21-8-9-23(26(34)35)29(21,5)11-10-22(20)28/h16,19-25,27H,6-15,31H2,1-5H3,(H,34,35)/t16-,19?,20-,21-,22-,23?,24+,25+,27-,28-,29-,30?/m0/s1. The van der Waals surface area contributed by atoms with Crippen molar-refractivity contribution >= 4 is 17.9 Å². The number of nitrogens with two attached hydrogens (primary N) is 1. The molecule has 0 radical (unpaired) electrons. The Morgan fingerprint density at radius 2 is 1.54 bits per heavy atom. The number of fused-ring (bicyclic) bond motifs is 5. The van der Waals surface area contributed by atoms with E-state index >= 15 is 0 Å². The Hall–Kier alpha value is -1.71. The second kappa shape index (κ2) is 10.3. The summed E-state index contributed by atoms with van der Waals surface area (Å²) < 4.78 is 23.5. The lowest BCUT2D eigenvalue weighted by molar-refractivity contribution is -0.311. The highest BCUT2D eigenvalue weighted by atomic mass is 16.7. The molecule has 0 spiro atoms. The lowest BCUT2D eigenvalue weighted by atomic mass is 9.44. The first-order valence-corrected chi connectivity index (χ1v) is 14.9. The smallest absolute Gasteiger partial charge is 0.307 e. The van der Waals surface area contributed by atoms with Crippen LogP contribution in [-0.4, -0.2) is 53.3 Å². The van der Waals surface area contributed by atoms with Crippen molar-refractivity contribution in [2.24, 2.45) is 46.2 Å². The number of hydrogen-bond acceptors (Lipinski definition) is 8. The minimum atomic E-state index is -0.904. The van der Waals surface area contributed by atoms with Gasteiger partial charge in [-0.25, -0.2) is 0 Å². The molecule has 3 N–H and O–H groups in total. The van der Waals surface area contributed by atoms with Gasteiger partial charge in [0.25, 0.3) is 0 Å². The third-order valence-corrected chi connectivity index (χ3v) is 11.7. The molecule has 5 aliphatic rings. The molecule has 9 nitrogen and oxygen atoms in total. The number of carbonyl (C=O) groups excluding carboxylic acids is 2. The maximum atomic E-state index is 12.0. The fourth-order valence-electron chi connectivity index (χ4n) is 9.70. The summed E-state index contributed by atoms with van der Waals surface area (Å²) in [7, 11) is 0. The van der Waals surface area contributed by atoms with Crippen molar-refractivity contribution < 1.29 is 38.4 Å². The SMILES string of the molecule is CC(=O)O[C@@H]1C[C@@H](OC(C)=O)[C@H](C)O[C@H]1OC1(N)CC[C@@]2(C)C(CC[C@@H]3[C@@H]2CC[C@]2(C)C(C(=O)O)CC[C@@H]32)C1. The number of carbonyl (C=O) groups is 3. The minimum Gasteiger partial charge on any atom is -0.481 e. The van der Waals surface area contributed by atoms with Crippen LogP contribution in [0.15, 0.2) is 0 Å². The van der Waals surface area contributed by atoms with Crippen LogP contribution < -0.4 is 5.73 Å². The second-order valence-corrected chi connectivity index (χ2v) is 13.8. The highest BCUT2D eigenvalue weighted by Crippen LogP contribution is 2.68. The third kappa shape index (κ3) is 5.12. The van der Waals surface area contributed by atoms with E-state index < -0.39 is 48.2 Å². The highest BCUT2D eigenvalue weighted by Gasteiger charge is 2.62. The maximum Gasteiger partial charge on any atom is 0.307 e. The molecule has 5 rings (SSSR count). The van der Waals surface area contributed by atoms with Gasteiger partial charge in [0.1, 0.15) is 11.8 Å². The molecule has 0 aromatic heterocycles. The quantitative estimate of drug-likeness (QED) is 0.291. The third-order valence-electron chi connectivity index (χ3n) is 11.7. The Morgan fingerprint density at radius 3 is 2.21 bits per heavy atom. The minimum absolute atomic E-state index is 0.0870. The summed E-state index contributed by atoms with van der Waals surface area (Å²) in [5, 5.41) is 9.89. The van der Waals surface area contributed by atoms with Gasteiger partial charge in [-0.2, -0.15) is 0 Å². The van der Waals surface area contributed by atoms with Crippen LogP contribution in [0.1, 0.15) is 98.8 Å². The fraction of sp³-hybridized carbons (Fsp3) is 0.900. The van der Waals surface area contributed by atoms with E-state index in [4.69, 9.17) is 24.7 Å². The van der Waals surface area contributed by atoms with Gasteiger partial charge in [-0.3, -0.25) is 14.4 Å². The molecule has 1 saturated heterocycles. The molecule has 12 atom stereocenters. The average Bonchev–Trinajstić information content (AvgIpc) is 3.19. The Labute approximate surface area is 231 Å². The normalized spacial score (nSPS) is 49.2. The molecule has 5 fully saturated rings. The summed E-state index contributed by atoms with van der Waals surface area (Å²) in [6.07, 6.45) is 6.22. The largest absolute Gasteiger partial charge is 0.481 e. The number of aliphatic carboxylic acids is 1.